The molecule has 0 amide bonds. The molecule has 6 unspecified atom stereocenters. The van der Waals surface area contributed by atoms with Gasteiger partial charge in [-0.05, 0) is 45.4 Å². The molecule has 1 N–H and O–H groups in total. The molecule has 0 saturated heterocycles. The van der Waals surface area contributed by atoms with Gasteiger partial charge in [0.1, 0.15) is 0 Å². The van der Waals surface area contributed by atoms with Crippen LogP contribution in [0.3, 0.4) is 0 Å². The van der Waals surface area contributed by atoms with E-state index in [4.69, 9.17) is 9.47 Å². The second-order valence-corrected chi connectivity index (χ2v) is 8.36. The van der Waals surface area contributed by atoms with Crippen LogP contribution in [0.4, 0.5) is 0 Å². The molecule has 0 heterocycles. The highest BCUT2D eigenvalue weighted by atomic mass is 32.2. The van der Waals surface area contributed by atoms with Crippen molar-refractivity contribution in [1.82, 2.24) is 0 Å². The van der Waals surface area contributed by atoms with Crippen molar-refractivity contribution >= 4 is 17.7 Å². The molecule has 2 aliphatic rings. The maximum atomic E-state index is 11.6. The minimum Gasteiger partial charge on any atom is -0.481 e. The van der Waals surface area contributed by atoms with Gasteiger partial charge in [-0.1, -0.05) is 19.8 Å². The molecule has 0 aromatic heterocycles. The smallest absolute Gasteiger partial charge is 0.307 e. The second-order valence-electron chi connectivity index (χ2n) is 6.88. The van der Waals surface area contributed by atoms with Crippen molar-refractivity contribution in [3.63, 3.8) is 0 Å². The van der Waals surface area contributed by atoms with E-state index in [1.165, 1.54) is 0 Å². The fraction of sp³-hybridized carbons (Fsp3) is 0.944. The van der Waals surface area contributed by atoms with Crippen molar-refractivity contribution in [2.45, 2.75) is 82.0 Å². The Labute approximate surface area is 144 Å². The van der Waals surface area contributed by atoms with Gasteiger partial charge in [0.2, 0.25) is 0 Å². The monoisotopic (exact) mass is 344 g/mol. The van der Waals surface area contributed by atoms with E-state index in [1.54, 1.807) is 0 Å². The van der Waals surface area contributed by atoms with Gasteiger partial charge in [0.25, 0.3) is 0 Å². The number of carboxylic acids is 1. The lowest BCUT2D eigenvalue weighted by atomic mass is 9.85. The van der Waals surface area contributed by atoms with Gasteiger partial charge in [-0.2, -0.15) is 11.8 Å². The summed E-state index contributed by atoms with van der Waals surface area (Å²) in [5, 5.41) is 10.1. The van der Waals surface area contributed by atoms with E-state index >= 15 is 0 Å². The van der Waals surface area contributed by atoms with E-state index in [0.29, 0.717) is 11.2 Å². The molecule has 4 nitrogen and oxygen atoms in total. The molecule has 2 saturated carbocycles. The molecule has 2 fully saturated rings. The predicted molar refractivity (Wildman–Crippen MR) is 94.0 cm³/mol. The zero-order valence-corrected chi connectivity index (χ0v) is 15.5. The molecule has 0 spiro atoms. The molecule has 0 bridgehead atoms. The lowest BCUT2D eigenvalue weighted by Crippen LogP contribution is -2.44. The molecule has 2 aliphatic carbocycles. The van der Waals surface area contributed by atoms with Crippen LogP contribution in [0.25, 0.3) is 0 Å². The first-order valence-corrected chi connectivity index (χ1v) is 10.1. The van der Waals surface area contributed by atoms with Gasteiger partial charge in [-0.25, -0.2) is 0 Å². The molecule has 6 atom stereocenters. The number of hydrogen-bond acceptors (Lipinski definition) is 4. The van der Waals surface area contributed by atoms with Crippen molar-refractivity contribution in [1.29, 1.82) is 0 Å². The van der Waals surface area contributed by atoms with Gasteiger partial charge >= 0.3 is 5.97 Å². The Bertz CT molecular complexity index is 376. The Balaban J connectivity index is 2.04. The molecule has 2 rings (SSSR count). The number of hydrogen-bond donors (Lipinski definition) is 1. The van der Waals surface area contributed by atoms with E-state index in [9.17, 15) is 9.90 Å². The van der Waals surface area contributed by atoms with E-state index in [2.05, 4.69) is 6.92 Å². The summed E-state index contributed by atoms with van der Waals surface area (Å²) in [6, 6.07) is 0. The number of rotatable bonds is 7. The summed E-state index contributed by atoms with van der Waals surface area (Å²) >= 11 is 1.87. The van der Waals surface area contributed by atoms with Crippen molar-refractivity contribution in [3.8, 4) is 0 Å². The van der Waals surface area contributed by atoms with Crippen molar-refractivity contribution in [3.05, 3.63) is 0 Å². The van der Waals surface area contributed by atoms with Gasteiger partial charge < -0.3 is 14.6 Å². The van der Waals surface area contributed by atoms with Crippen LogP contribution in [-0.4, -0.2) is 47.0 Å². The number of thioether (sulfide) groups is 1. The summed E-state index contributed by atoms with van der Waals surface area (Å²) in [7, 11) is 0. The summed E-state index contributed by atoms with van der Waals surface area (Å²) < 4.78 is 11.9. The Morgan fingerprint density at radius 2 is 1.70 bits per heavy atom. The van der Waals surface area contributed by atoms with Crippen LogP contribution in [0.5, 0.6) is 0 Å². The van der Waals surface area contributed by atoms with Crippen molar-refractivity contribution in [2.24, 2.45) is 11.8 Å². The minimum absolute atomic E-state index is 0.194. The van der Waals surface area contributed by atoms with Crippen LogP contribution in [-0.2, 0) is 14.3 Å². The van der Waals surface area contributed by atoms with Gasteiger partial charge in [-0.15, -0.1) is 0 Å². The molecular weight excluding hydrogens is 312 g/mol. The highest BCUT2D eigenvalue weighted by Gasteiger charge is 2.40. The molecule has 134 valence electrons. The van der Waals surface area contributed by atoms with Crippen LogP contribution in [0.15, 0.2) is 0 Å². The fourth-order valence-electron chi connectivity index (χ4n) is 4.03. The predicted octanol–water partition coefficient (Wildman–Crippen LogP) is 3.97. The van der Waals surface area contributed by atoms with Crippen molar-refractivity contribution in [2.75, 3.05) is 13.2 Å². The molecule has 0 aromatic carbocycles. The SMILES string of the molecule is CCOC1CC(SC2CCCCC2C(=O)O)C(OCC)CC1C. The topological polar surface area (TPSA) is 55.8 Å². The Morgan fingerprint density at radius 3 is 2.35 bits per heavy atom. The highest BCUT2D eigenvalue weighted by molar-refractivity contribution is 8.00. The van der Waals surface area contributed by atoms with E-state index in [0.717, 1.165) is 51.7 Å². The lowest BCUT2D eigenvalue weighted by molar-refractivity contribution is -0.142. The van der Waals surface area contributed by atoms with E-state index < -0.39 is 5.97 Å². The Morgan fingerprint density at radius 1 is 1.04 bits per heavy atom. The maximum absolute atomic E-state index is 11.6. The second kappa shape index (κ2) is 9.28. The Kier molecular flexibility index (Phi) is 7.70. The largest absolute Gasteiger partial charge is 0.481 e. The number of carboxylic acid groups (broad SMARTS) is 1. The average Bonchev–Trinajstić information content (AvgIpc) is 2.52. The molecule has 5 heteroatoms. The Hall–Kier alpha value is -0.260. The molecule has 0 aromatic rings. The summed E-state index contributed by atoms with van der Waals surface area (Å²) in [5.41, 5.74) is 0. The zero-order chi connectivity index (χ0) is 16.8. The maximum Gasteiger partial charge on any atom is 0.307 e. The van der Waals surface area contributed by atoms with Crippen LogP contribution >= 0.6 is 11.8 Å². The van der Waals surface area contributed by atoms with Gasteiger partial charge in [0.15, 0.2) is 0 Å². The quantitative estimate of drug-likeness (QED) is 0.757. The van der Waals surface area contributed by atoms with Crippen LogP contribution in [0, 0.1) is 11.8 Å². The third-order valence-electron chi connectivity index (χ3n) is 5.25. The van der Waals surface area contributed by atoms with Crippen molar-refractivity contribution < 1.29 is 19.4 Å². The zero-order valence-electron chi connectivity index (χ0n) is 14.7. The first-order valence-electron chi connectivity index (χ1n) is 9.18. The molecular formula is C18H32O4S. The van der Waals surface area contributed by atoms with Gasteiger partial charge in [0, 0.05) is 23.7 Å². The van der Waals surface area contributed by atoms with E-state index in [-0.39, 0.29) is 23.4 Å². The summed E-state index contributed by atoms with van der Waals surface area (Å²) in [4.78, 5) is 11.6. The third kappa shape index (κ3) is 5.10. The lowest BCUT2D eigenvalue weighted by Gasteiger charge is -2.41. The molecule has 0 aliphatic heterocycles. The van der Waals surface area contributed by atoms with Crippen LogP contribution < -0.4 is 0 Å². The standard InChI is InChI=1S/C18H32O4S/c1-4-21-14-11-17(15(22-5-2)10-12(14)3)23-16-9-7-6-8-13(16)18(19)20/h12-17H,4-11H2,1-3H3,(H,19,20). The average molecular weight is 345 g/mol. The first-order chi connectivity index (χ1) is 11.1. The van der Waals surface area contributed by atoms with Gasteiger partial charge in [0.05, 0.1) is 18.1 Å². The van der Waals surface area contributed by atoms with Gasteiger partial charge in [-0.3, -0.25) is 4.79 Å². The number of aliphatic carboxylic acids is 1. The summed E-state index contributed by atoms with van der Waals surface area (Å²) in [5.74, 6) is -0.313. The first kappa shape index (κ1) is 19.1. The highest BCUT2D eigenvalue weighted by Crippen LogP contribution is 2.42. The third-order valence-corrected chi connectivity index (χ3v) is 7.01. The minimum atomic E-state index is -0.624. The van der Waals surface area contributed by atoms with Crippen LogP contribution in [0.1, 0.15) is 59.3 Å². The molecule has 0 radical (unpaired) electrons. The van der Waals surface area contributed by atoms with E-state index in [1.807, 2.05) is 25.6 Å². The normalized spacial score (nSPS) is 38.4. The number of carbonyl (C=O) groups is 1. The summed E-state index contributed by atoms with van der Waals surface area (Å²) in [6.45, 7) is 7.80. The summed E-state index contributed by atoms with van der Waals surface area (Å²) in [6.07, 6.45) is 6.55. The van der Waals surface area contributed by atoms with Crippen LogP contribution in [0.2, 0.25) is 0 Å². The molecule has 23 heavy (non-hydrogen) atoms. The fourth-order valence-corrected chi connectivity index (χ4v) is 5.89. The number of ether oxygens (including phenoxy) is 2.